The van der Waals surface area contributed by atoms with Crippen molar-refractivity contribution < 1.29 is 14.7 Å². The second kappa shape index (κ2) is 10.9. The van der Waals surface area contributed by atoms with Gasteiger partial charge in [-0.25, -0.2) is 4.98 Å². The van der Waals surface area contributed by atoms with Crippen molar-refractivity contribution in [1.82, 2.24) is 19.4 Å². The Labute approximate surface area is 216 Å². The van der Waals surface area contributed by atoms with Gasteiger partial charge in [-0.05, 0) is 48.6 Å². The first-order valence-corrected chi connectivity index (χ1v) is 12.7. The number of rotatable bonds is 7. The summed E-state index contributed by atoms with van der Waals surface area (Å²) in [7, 11) is 0. The number of fused-ring (bicyclic) bond motifs is 1. The molecule has 1 aliphatic rings. The third-order valence-electron chi connectivity index (χ3n) is 7.02. The van der Waals surface area contributed by atoms with Gasteiger partial charge in [-0.1, -0.05) is 36.4 Å². The average molecular weight is 498 g/mol. The number of pyridine rings is 1. The molecule has 8 nitrogen and oxygen atoms in total. The molecular formula is C29H31N5O3. The quantitative estimate of drug-likeness (QED) is 0.398. The van der Waals surface area contributed by atoms with E-state index in [-0.39, 0.29) is 17.7 Å². The number of aliphatic hydroxyl groups is 1. The van der Waals surface area contributed by atoms with E-state index >= 15 is 0 Å². The molecule has 2 N–H and O–H groups in total. The van der Waals surface area contributed by atoms with Crippen LogP contribution in [0.3, 0.4) is 0 Å². The number of piperidine rings is 1. The van der Waals surface area contributed by atoms with E-state index in [1.54, 1.807) is 24.7 Å². The van der Waals surface area contributed by atoms with Gasteiger partial charge in [0.1, 0.15) is 0 Å². The summed E-state index contributed by atoms with van der Waals surface area (Å²) in [6.07, 6.45) is 5.15. The molecule has 190 valence electrons. The van der Waals surface area contributed by atoms with Crippen LogP contribution in [0.4, 0.5) is 5.69 Å². The van der Waals surface area contributed by atoms with Gasteiger partial charge < -0.3 is 19.9 Å². The molecule has 5 rings (SSSR count). The molecule has 0 bridgehead atoms. The molecule has 2 aromatic heterocycles. The van der Waals surface area contributed by atoms with Gasteiger partial charge in [-0.3, -0.25) is 14.6 Å². The van der Waals surface area contributed by atoms with Crippen molar-refractivity contribution in [3.8, 4) is 0 Å². The Morgan fingerprint density at radius 3 is 2.51 bits per heavy atom. The number of likely N-dealkylation sites (tertiary alicyclic amines) is 1. The predicted octanol–water partition coefficient (Wildman–Crippen LogP) is 4.22. The van der Waals surface area contributed by atoms with Crippen molar-refractivity contribution in [2.45, 2.75) is 38.8 Å². The number of aliphatic hydroxyl groups excluding tert-OH is 1. The summed E-state index contributed by atoms with van der Waals surface area (Å²) in [5.41, 5.74) is 4.39. The molecule has 0 saturated carbocycles. The lowest BCUT2D eigenvalue weighted by molar-refractivity contribution is -0.114. The minimum absolute atomic E-state index is 0.0933. The lowest BCUT2D eigenvalue weighted by Gasteiger charge is -2.34. The van der Waals surface area contributed by atoms with Crippen molar-refractivity contribution in [3.05, 3.63) is 90.0 Å². The normalized spacial score (nSPS) is 15.0. The fraction of sp³-hybridized carbons (Fsp3) is 0.310. The number of nitrogens with one attached hydrogen (secondary N) is 1. The van der Waals surface area contributed by atoms with Crippen LogP contribution in [0.15, 0.2) is 73.2 Å². The number of amides is 2. The third kappa shape index (κ3) is 5.54. The maximum absolute atomic E-state index is 13.5. The van der Waals surface area contributed by atoms with Crippen LogP contribution in [-0.2, 0) is 17.8 Å². The molecule has 2 aromatic carbocycles. The lowest BCUT2D eigenvalue weighted by Crippen LogP contribution is -2.39. The van der Waals surface area contributed by atoms with Gasteiger partial charge in [-0.2, -0.15) is 0 Å². The molecule has 37 heavy (non-hydrogen) atoms. The van der Waals surface area contributed by atoms with Gasteiger partial charge in [0.05, 0.1) is 29.2 Å². The molecule has 0 spiro atoms. The van der Waals surface area contributed by atoms with Gasteiger partial charge in [0.2, 0.25) is 5.91 Å². The van der Waals surface area contributed by atoms with Crippen LogP contribution in [0.25, 0.3) is 11.0 Å². The third-order valence-corrected chi connectivity index (χ3v) is 7.02. The summed E-state index contributed by atoms with van der Waals surface area (Å²) in [4.78, 5) is 36.2. The second-order valence-electron chi connectivity index (χ2n) is 9.57. The monoisotopic (exact) mass is 497 g/mol. The molecule has 1 atom stereocenters. The standard InChI is InChI=1S/C29H31N5O3/c1-20(35)32-26-18-23(17-25-27(26)34(19-31-25)16-12-24-9-5-6-13-30-24)29(37)33-14-10-22(11-15-33)28(36)21-7-3-2-4-8-21/h2-9,13,17-19,22,28,36H,10-12,14-16H2,1H3,(H,32,35). The fourth-order valence-electron chi connectivity index (χ4n) is 5.09. The SMILES string of the molecule is CC(=O)Nc1cc(C(=O)N2CCC(C(O)c3ccccc3)CC2)cc2ncn(CCc3ccccn3)c12. The Balaban J connectivity index is 1.33. The van der Waals surface area contributed by atoms with Crippen molar-refractivity contribution in [2.75, 3.05) is 18.4 Å². The van der Waals surface area contributed by atoms with Crippen LogP contribution < -0.4 is 5.32 Å². The largest absolute Gasteiger partial charge is 0.388 e. The van der Waals surface area contributed by atoms with Gasteiger partial charge in [-0.15, -0.1) is 0 Å². The van der Waals surface area contributed by atoms with Crippen molar-refractivity contribution >= 4 is 28.5 Å². The molecular weight excluding hydrogens is 466 g/mol. The maximum atomic E-state index is 13.5. The topological polar surface area (TPSA) is 100 Å². The molecule has 1 aliphatic heterocycles. The highest BCUT2D eigenvalue weighted by Gasteiger charge is 2.29. The van der Waals surface area contributed by atoms with Gasteiger partial charge >= 0.3 is 0 Å². The van der Waals surface area contributed by atoms with Gasteiger partial charge in [0.15, 0.2) is 0 Å². The highest BCUT2D eigenvalue weighted by molar-refractivity contribution is 6.05. The van der Waals surface area contributed by atoms with E-state index in [0.717, 1.165) is 36.0 Å². The van der Waals surface area contributed by atoms with Crippen LogP contribution in [0, 0.1) is 5.92 Å². The Kier molecular flexibility index (Phi) is 7.28. The number of benzene rings is 2. The zero-order valence-corrected chi connectivity index (χ0v) is 20.9. The average Bonchev–Trinajstić information content (AvgIpc) is 3.35. The summed E-state index contributed by atoms with van der Waals surface area (Å²) in [5, 5.41) is 13.7. The molecule has 0 aliphatic carbocycles. The van der Waals surface area contributed by atoms with E-state index in [4.69, 9.17) is 0 Å². The second-order valence-corrected chi connectivity index (χ2v) is 9.57. The summed E-state index contributed by atoms with van der Waals surface area (Å²) in [6.45, 7) is 3.24. The zero-order valence-electron chi connectivity index (χ0n) is 20.9. The van der Waals surface area contributed by atoms with Crippen LogP contribution in [0.5, 0.6) is 0 Å². The molecule has 2 amide bonds. The maximum Gasteiger partial charge on any atom is 0.254 e. The van der Waals surface area contributed by atoms with Crippen molar-refractivity contribution in [2.24, 2.45) is 5.92 Å². The van der Waals surface area contributed by atoms with E-state index in [2.05, 4.69) is 15.3 Å². The van der Waals surface area contributed by atoms with Crippen molar-refractivity contribution in [1.29, 1.82) is 0 Å². The summed E-state index contributed by atoms with van der Waals surface area (Å²) >= 11 is 0. The lowest BCUT2D eigenvalue weighted by atomic mass is 9.87. The number of imidazole rings is 1. The van der Waals surface area contributed by atoms with Gasteiger partial charge in [0, 0.05) is 50.4 Å². The number of nitrogens with zero attached hydrogens (tertiary/aromatic N) is 4. The molecule has 3 heterocycles. The number of carbonyl (C=O) groups excluding carboxylic acids is 2. The number of aromatic nitrogens is 3. The summed E-state index contributed by atoms with van der Waals surface area (Å²) in [6, 6.07) is 19.0. The molecule has 1 fully saturated rings. The van der Waals surface area contributed by atoms with E-state index in [1.165, 1.54) is 6.92 Å². The summed E-state index contributed by atoms with van der Waals surface area (Å²) < 4.78 is 1.99. The van der Waals surface area contributed by atoms with Crippen LogP contribution in [-0.4, -0.2) is 49.4 Å². The first kappa shape index (κ1) is 24.6. The van der Waals surface area contributed by atoms with Gasteiger partial charge in [0.25, 0.3) is 5.91 Å². The molecule has 4 aromatic rings. The molecule has 1 unspecified atom stereocenters. The minimum Gasteiger partial charge on any atom is -0.388 e. The van der Waals surface area contributed by atoms with E-state index in [1.807, 2.05) is 58.0 Å². The molecule has 1 saturated heterocycles. The highest BCUT2D eigenvalue weighted by atomic mass is 16.3. The molecule has 0 radical (unpaired) electrons. The smallest absolute Gasteiger partial charge is 0.254 e. The fourth-order valence-corrected chi connectivity index (χ4v) is 5.09. The van der Waals surface area contributed by atoms with E-state index < -0.39 is 6.10 Å². The van der Waals surface area contributed by atoms with E-state index in [9.17, 15) is 14.7 Å². The highest BCUT2D eigenvalue weighted by Crippen LogP contribution is 2.32. The first-order chi connectivity index (χ1) is 18.0. The van der Waals surface area contributed by atoms with Crippen molar-refractivity contribution in [3.63, 3.8) is 0 Å². The Bertz CT molecular complexity index is 1380. The van der Waals surface area contributed by atoms with Crippen LogP contribution in [0.2, 0.25) is 0 Å². The van der Waals surface area contributed by atoms with E-state index in [0.29, 0.717) is 36.4 Å². The number of aryl methyl sites for hydroxylation is 2. The minimum atomic E-state index is -0.531. The Morgan fingerprint density at radius 1 is 1.05 bits per heavy atom. The number of anilines is 1. The zero-order chi connectivity index (χ0) is 25.8. The first-order valence-electron chi connectivity index (χ1n) is 12.7. The number of hydrogen-bond donors (Lipinski definition) is 2. The number of hydrogen-bond acceptors (Lipinski definition) is 5. The Hall–Kier alpha value is -4.04. The summed E-state index contributed by atoms with van der Waals surface area (Å²) in [5.74, 6) is -0.193. The molecule has 8 heteroatoms. The predicted molar refractivity (Wildman–Crippen MR) is 142 cm³/mol. The van der Waals surface area contributed by atoms with Crippen LogP contribution in [0.1, 0.15) is 47.5 Å². The number of carbonyl (C=O) groups is 2. The Morgan fingerprint density at radius 2 is 1.81 bits per heavy atom. The van der Waals surface area contributed by atoms with Crippen LogP contribution >= 0.6 is 0 Å².